The van der Waals surface area contributed by atoms with Crippen molar-refractivity contribution in [2.24, 2.45) is 33.3 Å². The van der Waals surface area contributed by atoms with Crippen molar-refractivity contribution in [2.75, 3.05) is 0 Å². The van der Waals surface area contributed by atoms with E-state index in [-0.39, 0.29) is 11.1 Å². The number of nitrogens with one attached hydrogen (secondary N) is 1. The molecule has 0 atom stereocenters. The molecule has 0 aliphatic heterocycles. The Bertz CT molecular complexity index is 435. The van der Waals surface area contributed by atoms with Gasteiger partial charge in [-0.15, -0.1) is 0 Å². The maximum atomic E-state index is 6.08. The zero-order chi connectivity index (χ0) is 14.5. The molecule has 0 radical (unpaired) electrons. The quantitative estimate of drug-likeness (QED) is 0.535. The van der Waals surface area contributed by atoms with Crippen LogP contribution < -0.4 is 16.8 Å². The van der Waals surface area contributed by atoms with Gasteiger partial charge in [-0.1, -0.05) is 0 Å². The van der Waals surface area contributed by atoms with E-state index in [0.717, 1.165) is 11.8 Å². The van der Waals surface area contributed by atoms with Gasteiger partial charge in [-0.25, -0.2) is 9.98 Å². The van der Waals surface area contributed by atoms with Crippen LogP contribution in [0.2, 0.25) is 0 Å². The van der Waals surface area contributed by atoms with Crippen LogP contribution in [0.3, 0.4) is 0 Å². The number of rotatable bonds is 2. The van der Waals surface area contributed by atoms with E-state index in [4.69, 9.17) is 21.5 Å². The van der Waals surface area contributed by atoms with E-state index in [9.17, 15) is 0 Å². The van der Waals surface area contributed by atoms with Gasteiger partial charge in [0.25, 0.3) is 0 Å². The molecule has 4 rings (SSSR count). The summed E-state index contributed by atoms with van der Waals surface area (Å²) >= 11 is 0. The highest BCUT2D eigenvalue weighted by molar-refractivity contribution is 5.97. The normalized spacial score (nSPS) is 45.5. The predicted octanol–water partition coefficient (Wildman–Crippen LogP) is 1.87. The standard InChI is InChI=1S/C16H27N5/c17-13(20-15-5-1-11(9-15)2-6-15)19-14(18)21-16-7-3-12(10-16)4-8-16/h11-12H,1-10H2,(H5,17,18,19,20,21). The van der Waals surface area contributed by atoms with Gasteiger partial charge >= 0.3 is 0 Å². The molecule has 4 fully saturated rings. The van der Waals surface area contributed by atoms with E-state index in [2.05, 4.69) is 5.32 Å². The largest absolute Gasteiger partial charge is 0.370 e. The third-order valence-corrected chi connectivity index (χ3v) is 6.38. The lowest BCUT2D eigenvalue weighted by molar-refractivity contribution is 0.418. The van der Waals surface area contributed by atoms with E-state index in [0.29, 0.717) is 11.9 Å². The van der Waals surface area contributed by atoms with Crippen molar-refractivity contribution in [2.45, 2.75) is 75.3 Å². The molecule has 0 heterocycles. The third kappa shape index (κ3) is 2.40. The molecular formula is C16H27N5. The first-order valence-electron chi connectivity index (χ1n) is 8.54. The number of hydrogen-bond donors (Lipinski definition) is 3. The predicted molar refractivity (Wildman–Crippen MR) is 85.0 cm³/mol. The lowest BCUT2D eigenvalue weighted by atomic mass is 9.94. The molecule has 21 heavy (non-hydrogen) atoms. The second kappa shape index (κ2) is 4.62. The van der Waals surface area contributed by atoms with Crippen molar-refractivity contribution in [3.63, 3.8) is 0 Å². The van der Waals surface area contributed by atoms with Gasteiger partial charge < -0.3 is 11.5 Å². The monoisotopic (exact) mass is 289 g/mol. The van der Waals surface area contributed by atoms with E-state index in [1.54, 1.807) is 0 Å². The Hall–Kier alpha value is -1.26. The Morgan fingerprint density at radius 3 is 1.43 bits per heavy atom. The molecule has 116 valence electrons. The van der Waals surface area contributed by atoms with Crippen molar-refractivity contribution in [1.29, 1.82) is 0 Å². The lowest BCUT2D eigenvalue weighted by Crippen LogP contribution is -2.45. The molecule has 0 saturated heterocycles. The molecule has 0 aromatic heterocycles. The summed E-state index contributed by atoms with van der Waals surface area (Å²) in [5, 5.41) is 3.04. The fourth-order valence-electron chi connectivity index (χ4n) is 5.33. The molecule has 0 spiro atoms. The first-order chi connectivity index (χ1) is 10.1. The molecule has 4 bridgehead atoms. The maximum Gasteiger partial charge on any atom is 0.195 e. The van der Waals surface area contributed by atoms with Crippen LogP contribution in [0.25, 0.3) is 0 Å². The molecule has 5 N–H and O–H groups in total. The van der Waals surface area contributed by atoms with Crippen molar-refractivity contribution in [3.05, 3.63) is 0 Å². The van der Waals surface area contributed by atoms with Gasteiger partial charge in [-0.05, 0) is 76.0 Å². The number of hydrogen-bond acceptors (Lipinski definition) is 2. The van der Waals surface area contributed by atoms with E-state index in [1.807, 2.05) is 0 Å². The first-order valence-corrected chi connectivity index (χ1v) is 8.54. The number of fused-ring (bicyclic) bond motifs is 4. The van der Waals surface area contributed by atoms with Crippen molar-refractivity contribution in [3.8, 4) is 0 Å². The average molecular weight is 289 g/mol. The SMILES string of the molecule is NC(=NC12CCC(CC1)C2)NC(N)=NC12CCC(CC1)C2. The Balaban J connectivity index is 1.43. The summed E-state index contributed by atoms with van der Waals surface area (Å²) in [4.78, 5) is 9.53. The highest BCUT2D eigenvalue weighted by atomic mass is 15.2. The summed E-state index contributed by atoms with van der Waals surface area (Å²) in [6.07, 6.45) is 12.4. The second-order valence-electron chi connectivity index (χ2n) is 7.86. The Kier molecular flexibility index (Phi) is 2.95. The zero-order valence-corrected chi connectivity index (χ0v) is 12.8. The Morgan fingerprint density at radius 1 is 0.762 bits per heavy atom. The summed E-state index contributed by atoms with van der Waals surface area (Å²) in [6, 6.07) is 0. The summed E-state index contributed by atoms with van der Waals surface area (Å²) in [5.74, 6) is 2.67. The summed E-state index contributed by atoms with van der Waals surface area (Å²) in [6.45, 7) is 0. The van der Waals surface area contributed by atoms with Gasteiger partial charge in [-0.3, -0.25) is 5.32 Å². The van der Waals surface area contributed by atoms with Gasteiger partial charge in [0.15, 0.2) is 11.9 Å². The van der Waals surface area contributed by atoms with Crippen molar-refractivity contribution < 1.29 is 0 Å². The molecule has 5 heteroatoms. The van der Waals surface area contributed by atoms with Crippen LogP contribution in [0.4, 0.5) is 0 Å². The smallest absolute Gasteiger partial charge is 0.195 e. The minimum absolute atomic E-state index is 0.103. The van der Waals surface area contributed by atoms with Gasteiger partial charge in [0.1, 0.15) is 0 Å². The fraction of sp³-hybridized carbons (Fsp3) is 0.875. The maximum absolute atomic E-state index is 6.08. The molecule has 0 unspecified atom stereocenters. The van der Waals surface area contributed by atoms with Crippen molar-refractivity contribution >= 4 is 11.9 Å². The third-order valence-electron chi connectivity index (χ3n) is 6.38. The van der Waals surface area contributed by atoms with Crippen LogP contribution in [-0.4, -0.2) is 23.0 Å². The van der Waals surface area contributed by atoms with Gasteiger partial charge in [0.2, 0.25) is 0 Å². The fourth-order valence-corrected chi connectivity index (χ4v) is 5.33. The molecule has 0 amide bonds. The number of guanidine groups is 2. The Labute approximate surface area is 126 Å². The molecule has 0 aromatic carbocycles. The van der Waals surface area contributed by atoms with Crippen LogP contribution in [0.15, 0.2) is 9.98 Å². The average Bonchev–Trinajstić information content (AvgIpc) is 3.16. The molecule has 5 nitrogen and oxygen atoms in total. The lowest BCUT2D eigenvalue weighted by Gasteiger charge is -2.24. The summed E-state index contributed by atoms with van der Waals surface area (Å²) < 4.78 is 0. The van der Waals surface area contributed by atoms with Gasteiger partial charge in [0, 0.05) is 0 Å². The van der Waals surface area contributed by atoms with Crippen LogP contribution >= 0.6 is 0 Å². The second-order valence-corrected chi connectivity index (χ2v) is 7.86. The topological polar surface area (TPSA) is 88.8 Å². The number of nitrogens with zero attached hydrogens (tertiary/aromatic N) is 2. The molecule has 4 aliphatic carbocycles. The van der Waals surface area contributed by atoms with Crippen molar-refractivity contribution in [1.82, 2.24) is 5.32 Å². The highest BCUT2D eigenvalue weighted by Gasteiger charge is 2.46. The van der Waals surface area contributed by atoms with Gasteiger partial charge in [0.05, 0.1) is 11.1 Å². The summed E-state index contributed by atoms with van der Waals surface area (Å²) in [5.41, 5.74) is 12.4. The van der Waals surface area contributed by atoms with E-state index < -0.39 is 0 Å². The van der Waals surface area contributed by atoms with Crippen LogP contribution in [0.5, 0.6) is 0 Å². The van der Waals surface area contributed by atoms with Crippen LogP contribution in [0, 0.1) is 11.8 Å². The summed E-state index contributed by atoms with van der Waals surface area (Å²) in [7, 11) is 0. The Morgan fingerprint density at radius 2 is 1.14 bits per heavy atom. The highest BCUT2D eigenvalue weighted by Crippen LogP contribution is 2.50. The number of aliphatic imine (C=N–C) groups is 2. The van der Waals surface area contributed by atoms with E-state index >= 15 is 0 Å². The molecule has 4 aliphatic rings. The van der Waals surface area contributed by atoms with E-state index in [1.165, 1.54) is 64.2 Å². The van der Waals surface area contributed by atoms with Gasteiger partial charge in [-0.2, -0.15) is 0 Å². The minimum atomic E-state index is 0.103. The van der Waals surface area contributed by atoms with Crippen LogP contribution in [0.1, 0.15) is 64.2 Å². The molecule has 0 aromatic rings. The van der Waals surface area contributed by atoms with Crippen LogP contribution in [-0.2, 0) is 0 Å². The number of nitrogens with two attached hydrogens (primary N) is 2. The molecular weight excluding hydrogens is 262 g/mol. The molecule has 4 saturated carbocycles. The minimum Gasteiger partial charge on any atom is -0.370 e. The first kappa shape index (κ1) is 13.4. The zero-order valence-electron chi connectivity index (χ0n) is 12.8.